The highest BCUT2D eigenvalue weighted by atomic mass is 35.5. The van der Waals surface area contributed by atoms with Crippen LogP contribution in [0.5, 0.6) is 5.75 Å². The Bertz CT molecular complexity index is 1020. The summed E-state index contributed by atoms with van der Waals surface area (Å²) in [5.41, 5.74) is 1.82. The minimum Gasteiger partial charge on any atom is -0.450 e. The molecule has 1 atom stereocenters. The fourth-order valence-electron chi connectivity index (χ4n) is 2.96. The van der Waals surface area contributed by atoms with Gasteiger partial charge in [-0.05, 0) is 18.2 Å². The molecule has 27 heavy (non-hydrogen) atoms. The maximum atomic E-state index is 12.7. The van der Waals surface area contributed by atoms with Crippen LogP contribution in [0.2, 0.25) is 5.02 Å². The van der Waals surface area contributed by atoms with E-state index >= 15 is 0 Å². The standard InChI is InChI=1S/C22H16ClNO3/c23-17-11-12-20-18(13-17)24-21(14-19(25)15-7-3-1-4-8-15)22(26,27-20)16-9-5-2-6-10-16/h1-14,24,26H/b21-14-. The molecule has 0 spiro atoms. The molecule has 1 aliphatic heterocycles. The van der Waals surface area contributed by atoms with E-state index in [1.54, 1.807) is 66.7 Å². The number of benzene rings is 3. The van der Waals surface area contributed by atoms with Crippen molar-refractivity contribution >= 4 is 23.1 Å². The first-order chi connectivity index (χ1) is 13.1. The smallest absolute Gasteiger partial charge is 0.277 e. The average molecular weight is 378 g/mol. The summed E-state index contributed by atoms with van der Waals surface area (Å²) >= 11 is 6.07. The molecule has 0 amide bonds. The number of halogens is 1. The van der Waals surface area contributed by atoms with Gasteiger partial charge in [0.15, 0.2) is 5.78 Å². The summed E-state index contributed by atoms with van der Waals surface area (Å²) < 4.78 is 5.92. The first kappa shape index (κ1) is 17.3. The predicted molar refractivity (Wildman–Crippen MR) is 105 cm³/mol. The van der Waals surface area contributed by atoms with Gasteiger partial charge in [-0.1, -0.05) is 72.3 Å². The van der Waals surface area contributed by atoms with Crippen molar-refractivity contribution in [3.8, 4) is 5.75 Å². The van der Waals surface area contributed by atoms with Crippen molar-refractivity contribution in [3.63, 3.8) is 0 Å². The Hall–Kier alpha value is -3.08. The van der Waals surface area contributed by atoms with Gasteiger partial charge in [0.25, 0.3) is 5.79 Å². The summed E-state index contributed by atoms with van der Waals surface area (Å²) in [6, 6.07) is 22.8. The van der Waals surface area contributed by atoms with Crippen molar-refractivity contribution in [2.45, 2.75) is 5.79 Å². The molecule has 0 aliphatic carbocycles. The van der Waals surface area contributed by atoms with E-state index in [0.29, 0.717) is 27.6 Å². The summed E-state index contributed by atoms with van der Waals surface area (Å²) in [6.07, 6.45) is 1.35. The second-order valence-electron chi connectivity index (χ2n) is 6.17. The number of ether oxygens (including phenoxy) is 1. The van der Waals surface area contributed by atoms with E-state index in [4.69, 9.17) is 16.3 Å². The molecule has 0 aromatic heterocycles. The number of rotatable bonds is 3. The minimum absolute atomic E-state index is 0.220. The Balaban J connectivity index is 1.83. The summed E-state index contributed by atoms with van der Waals surface area (Å²) in [5, 5.41) is 15.0. The number of carbonyl (C=O) groups excluding carboxylic acids is 1. The fourth-order valence-corrected chi connectivity index (χ4v) is 3.13. The van der Waals surface area contributed by atoms with Crippen molar-refractivity contribution in [1.82, 2.24) is 0 Å². The average Bonchev–Trinajstić information content (AvgIpc) is 2.70. The van der Waals surface area contributed by atoms with Crippen LogP contribution < -0.4 is 10.1 Å². The van der Waals surface area contributed by atoms with Crippen LogP contribution in [0.15, 0.2) is 90.6 Å². The fraction of sp³-hybridized carbons (Fsp3) is 0.0455. The van der Waals surface area contributed by atoms with Crippen LogP contribution in [0.3, 0.4) is 0 Å². The third-order valence-electron chi connectivity index (χ3n) is 4.33. The minimum atomic E-state index is -1.83. The number of anilines is 1. The number of carbonyl (C=O) groups is 1. The summed E-state index contributed by atoms with van der Waals surface area (Å²) in [5.74, 6) is -1.64. The van der Waals surface area contributed by atoms with Crippen LogP contribution >= 0.6 is 11.6 Å². The first-order valence-corrected chi connectivity index (χ1v) is 8.79. The molecular formula is C22H16ClNO3. The maximum absolute atomic E-state index is 12.7. The maximum Gasteiger partial charge on any atom is 0.277 e. The molecule has 5 heteroatoms. The molecule has 0 fully saturated rings. The lowest BCUT2D eigenvalue weighted by Crippen LogP contribution is -2.41. The predicted octanol–water partition coefficient (Wildman–Crippen LogP) is 4.76. The Morgan fingerprint density at radius 1 is 1.00 bits per heavy atom. The molecule has 1 unspecified atom stereocenters. The van der Waals surface area contributed by atoms with E-state index in [1.165, 1.54) is 6.08 Å². The normalized spacial score (nSPS) is 19.7. The van der Waals surface area contributed by atoms with Gasteiger partial charge < -0.3 is 15.2 Å². The molecule has 0 saturated heterocycles. The number of fused-ring (bicyclic) bond motifs is 1. The van der Waals surface area contributed by atoms with Gasteiger partial charge in [0.05, 0.1) is 11.4 Å². The lowest BCUT2D eigenvalue weighted by molar-refractivity contribution is -0.114. The van der Waals surface area contributed by atoms with Crippen molar-refractivity contribution in [2.75, 3.05) is 5.32 Å². The van der Waals surface area contributed by atoms with Gasteiger partial charge in [0.2, 0.25) is 0 Å². The lowest BCUT2D eigenvalue weighted by Gasteiger charge is -2.37. The molecule has 3 aromatic carbocycles. The number of hydrogen-bond acceptors (Lipinski definition) is 4. The van der Waals surface area contributed by atoms with Crippen LogP contribution in [0, 0.1) is 0 Å². The van der Waals surface area contributed by atoms with Crippen molar-refractivity contribution < 1.29 is 14.6 Å². The highest BCUT2D eigenvalue weighted by Crippen LogP contribution is 2.43. The zero-order chi connectivity index (χ0) is 18.9. The van der Waals surface area contributed by atoms with Gasteiger partial charge in [-0.25, -0.2) is 0 Å². The third kappa shape index (κ3) is 3.33. The molecule has 134 valence electrons. The molecule has 3 aromatic rings. The molecular weight excluding hydrogens is 362 g/mol. The van der Waals surface area contributed by atoms with Crippen molar-refractivity contribution in [2.24, 2.45) is 0 Å². The SMILES string of the molecule is O=C(/C=C1\Nc2cc(Cl)ccc2OC1(O)c1ccccc1)c1ccccc1. The van der Waals surface area contributed by atoms with E-state index in [1.807, 2.05) is 12.1 Å². The number of aliphatic hydroxyl groups is 1. The molecule has 1 heterocycles. The Kier molecular flexibility index (Phi) is 4.44. The second-order valence-corrected chi connectivity index (χ2v) is 6.60. The topological polar surface area (TPSA) is 58.6 Å². The van der Waals surface area contributed by atoms with Gasteiger partial charge >= 0.3 is 0 Å². The molecule has 4 rings (SSSR count). The second kappa shape index (κ2) is 6.91. The van der Waals surface area contributed by atoms with Crippen LogP contribution in [-0.2, 0) is 5.79 Å². The van der Waals surface area contributed by atoms with Crippen LogP contribution in [0.4, 0.5) is 5.69 Å². The van der Waals surface area contributed by atoms with Gasteiger partial charge in [0, 0.05) is 22.2 Å². The molecule has 4 nitrogen and oxygen atoms in total. The molecule has 0 radical (unpaired) electrons. The van der Waals surface area contributed by atoms with E-state index in [2.05, 4.69) is 5.32 Å². The zero-order valence-corrected chi connectivity index (χ0v) is 15.0. The third-order valence-corrected chi connectivity index (χ3v) is 4.57. The van der Waals surface area contributed by atoms with E-state index in [0.717, 1.165) is 0 Å². The summed E-state index contributed by atoms with van der Waals surface area (Å²) in [4.78, 5) is 12.7. The quantitative estimate of drug-likeness (QED) is 0.510. The molecule has 1 aliphatic rings. The molecule has 2 N–H and O–H groups in total. The highest BCUT2D eigenvalue weighted by Gasteiger charge is 2.41. The number of hydrogen-bond donors (Lipinski definition) is 2. The number of nitrogens with one attached hydrogen (secondary N) is 1. The van der Waals surface area contributed by atoms with Gasteiger partial charge in [-0.15, -0.1) is 0 Å². The van der Waals surface area contributed by atoms with Gasteiger partial charge in [-0.2, -0.15) is 0 Å². The van der Waals surface area contributed by atoms with E-state index in [-0.39, 0.29) is 11.5 Å². The Labute approximate surface area is 161 Å². The summed E-state index contributed by atoms with van der Waals surface area (Å²) in [6.45, 7) is 0. The van der Waals surface area contributed by atoms with Crippen LogP contribution in [-0.4, -0.2) is 10.9 Å². The molecule has 0 saturated carbocycles. The zero-order valence-electron chi connectivity index (χ0n) is 14.2. The first-order valence-electron chi connectivity index (χ1n) is 8.41. The van der Waals surface area contributed by atoms with Crippen molar-refractivity contribution in [1.29, 1.82) is 0 Å². The number of ketones is 1. The van der Waals surface area contributed by atoms with Crippen LogP contribution in [0.25, 0.3) is 0 Å². The van der Waals surface area contributed by atoms with Crippen molar-refractivity contribution in [3.05, 3.63) is 107 Å². The monoisotopic (exact) mass is 377 g/mol. The van der Waals surface area contributed by atoms with E-state index < -0.39 is 5.79 Å². The largest absolute Gasteiger partial charge is 0.450 e. The lowest BCUT2D eigenvalue weighted by atomic mass is 9.98. The Morgan fingerprint density at radius 3 is 2.37 bits per heavy atom. The van der Waals surface area contributed by atoms with Crippen LogP contribution in [0.1, 0.15) is 15.9 Å². The van der Waals surface area contributed by atoms with Gasteiger partial charge in [0.1, 0.15) is 5.75 Å². The molecule has 0 bridgehead atoms. The van der Waals surface area contributed by atoms with Gasteiger partial charge in [-0.3, -0.25) is 4.79 Å². The van der Waals surface area contributed by atoms with E-state index in [9.17, 15) is 9.90 Å². The number of allylic oxidation sites excluding steroid dienone is 1. The summed E-state index contributed by atoms with van der Waals surface area (Å²) in [7, 11) is 0. The highest BCUT2D eigenvalue weighted by molar-refractivity contribution is 6.31. The Morgan fingerprint density at radius 2 is 1.67 bits per heavy atom.